The summed E-state index contributed by atoms with van der Waals surface area (Å²) in [6.45, 7) is 0. The van der Waals surface area contributed by atoms with E-state index in [1.165, 1.54) is 24.4 Å². The van der Waals surface area contributed by atoms with Gasteiger partial charge < -0.3 is 15.7 Å². The zero-order valence-corrected chi connectivity index (χ0v) is 13.2. The minimum absolute atomic E-state index is 0.0667. The Morgan fingerprint density at radius 1 is 1.22 bits per heavy atom. The Bertz CT molecular complexity index is 813. The molecule has 0 saturated carbocycles. The van der Waals surface area contributed by atoms with Crippen LogP contribution in [-0.2, 0) is 4.79 Å². The Hall–Kier alpha value is -2.68. The number of amides is 1. The van der Waals surface area contributed by atoms with Gasteiger partial charge in [0, 0.05) is 23.0 Å². The molecule has 0 aliphatic rings. The van der Waals surface area contributed by atoms with Gasteiger partial charge in [-0.1, -0.05) is 29.3 Å². The number of nitrogens with one attached hydrogen (secondary N) is 2. The first-order chi connectivity index (χ1) is 11.0. The summed E-state index contributed by atoms with van der Waals surface area (Å²) in [5.41, 5.74) is 0.679. The summed E-state index contributed by atoms with van der Waals surface area (Å²) in [6.07, 6.45) is 1.24. The van der Waals surface area contributed by atoms with Crippen molar-refractivity contribution in [2.45, 2.75) is 0 Å². The Kier molecular flexibility index (Phi) is 5.47. The molecule has 0 fully saturated rings. The van der Waals surface area contributed by atoms with Gasteiger partial charge in [-0.2, -0.15) is 5.26 Å². The number of anilines is 2. The molecule has 0 heterocycles. The molecule has 0 aromatic heterocycles. The minimum Gasteiger partial charge on any atom is -0.508 e. The summed E-state index contributed by atoms with van der Waals surface area (Å²) in [5, 5.41) is 24.5. The molecule has 2 aromatic rings. The lowest BCUT2D eigenvalue weighted by Gasteiger charge is -2.07. The van der Waals surface area contributed by atoms with E-state index in [1.807, 2.05) is 0 Å². The highest BCUT2D eigenvalue weighted by Gasteiger charge is 2.11. The second kappa shape index (κ2) is 7.54. The van der Waals surface area contributed by atoms with Gasteiger partial charge in [-0.25, -0.2) is 0 Å². The van der Waals surface area contributed by atoms with Crippen LogP contribution in [0.2, 0.25) is 10.0 Å². The van der Waals surface area contributed by atoms with Gasteiger partial charge in [0.2, 0.25) is 0 Å². The lowest BCUT2D eigenvalue weighted by Crippen LogP contribution is -2.14. The van der Waals surface area contributed by atoms with Crippen LogP contribution in [0.25, 0.3) is 0 Å². The molecule has 2 rings (SSSR count). The second-order valence-corrected chi connectivity index (χ2v) is 5.29. The van der Waals surface area contributed by atoms with Crippen LogP contribution in [0.5, 0.6) is 5.75 Å². The van der Waals surface area contributed by atoms with Crippen molar-refractivity contribution >= 4 is 40.5 Å². The zero-order valence-electron chi connectivity index (χ0n) is 11.7. The van der Waals surface area contributed by atoms with Crippen LogP contribution in [0, 0.1) is 11.3 Å². The Balaban J connectivity index is 2.14. The van der Waals surface area contributed by atoms with E-state index in [-0.39, 0.29) is 11.3 Å². The van der Waals surface area contributed by atoms with Crippen molar-refractivity contribution in [2.24, 2.45) is 0 Å². The van der Waals surface area contributed by atoms with Crippen LogP contribution in [-0.4, -0.2) is 11.0 Å². The quantitative estimate of drug-likeness (QED) is 0.572. The van der Waals surface area contributed by atoms with Gasteiger partial charge in [0.05, 0.1) is 10.7 Å². The fourth-order valence-electron chi connectivity index (χ4n) is 1.68. The van der Waals surface area contributed by atoms with Gasteiger partial charge in [-0.3, -0.25) is 4.79 Å². The smallest absolute Gasteiger partial charge is 0.267 e. The van der Waals surface area contributed by atoms with E-state index < -0.39 is 5.91 Å². The molecule has 0 aliphatic carbocycles. The predicted octanol–water partition coefficient (Wildman–Crippen LogP) is 4.16. The molecule has 116 valence electrons. The van der Waals surface area contributed by atoms with E-state index in [1.54, 1.807) is 30.3 Å². The molecule has 0 bridgehead atoms. The van der Waals surface area contributed by atoms with Crippen molar-refractivity contribution in [3.63, 3.8) is 0 Å². The van der Waals surface area contributed by atoms with Crippen LogP contribution < -0.4 is 10.6 Å². The van der Waals surface area contributed by atoms with Crippen LogP contribution in [0.4, 0.5) is 11.4 Å². The molecule has 3 N–H and O–H groups in total. The molecule has 0 aliphatic heterocycles. The second-order valence-electron chi connectivity index (χ2n) is 4.44. The number of carbonyl (C=O) groups is 1. The number of nitriles is 1. The summed E-state index contributed by atoms with van der Waals surface area (Å²) in [6, 6.07) is 12.7. The molecule has 0 saturated heterocycles. The van der Waals surface area contributed by atoms with Crippen LogP contribution in [0.3, 0.4) is 0 Å². The average molecular weight is 348 g/mol. The number of hydrogen-bond acceptors (Lipinski definition) is 4. The van der Waals surface area contributed by atoms with Crippen molar-refractivity contribution in [2.75, 3.05) is 10.6 Å². The minimum atomic E-state index is -0.635. The summed E-state index contributed by atoms with van der Waals surface area (Å²) in [5.74, 6) is -0.568. The zero-order chi connectivity index (χ0) is 16.8. The van der Waals surface area contributed by atoms with Gasteiger partial charge >= 0.3 is 0 Å². The molecule has 0 radical (unpaired) electrons. The number of phenols is 1. The van der Waals surface area contributed by atoms with E-state index in [4.69, 9.17) is 28.5 Å². The first-order valence-corrected chi connectivity index (χ1v) is 7.17. The maximum Gasteiger partial charge on any atom is 0.267 e. The fourth-order valence-corrected chi connectivity index (χ4v) is 2.02. The summed E-state index contributed by atoms with van der Waals surface area (Å²) in [4.78, 5) is 12.1. The monoisotopic (exact) mass is 347 g/mol. The van der Waals surface area contributed by atoms with Crippen LogP contribution >= 0.6 is 23.2 Å². The van der Waals surface area contributed by atoms with Crippen LogP contribution in [0.15, 0.2) is 54.2 Å². The van der Waals surface area contributed by atoms with E-state index >= 15 is 0 Å². The first-order valence-electron chi connectivity index (χ1n) is 6.42. The highest BCUT2D eigenvalue weighted by Crippen LogP contribution is 2.25. The molecular weight excluding hydrogens is 337 g/mol. The van der Waals surface area contributed by atoms with Gasteiger partial charge in [0.25, 0.3) is 5.91 Å². The van der Waals surface area contributed by atoms with E-state index in [0.29, 0.717) is 21.4 Å². The lowest BCUT2D eigenvalue weighted by atomic mass is 10.2. The summed E-state index contributed by atoms with van der Waals surface area (Å²) >= 11 is 11.8. The highest BCUT2D eigenvalue weighted by atomic mass is 35.5. The number of nitrogens with zero attached hydrogens (tertiary/aromatic N) is 1. The molecule has 0 spiro atoms. The van der Waals surface area contributed by atoms with E-state index in [9.17, 15) is 9.90 Å². The predicted molar refractivity (Wildman–Crippen MR) is 90.5 cm³/mol. The maximum atomic E-state index is 12.1. The molecule has 7 heteroatoms. The maximum absolute atomic E-state index is 12.1. The van der Waals surface area contributed by atoms with Gasteiger partial charge in [-0.05, 0) is 30.3 Å². The number of rotatable bonds is 4. The number of carbonyl (C=O) groups excluding carboxylic acids is 1. The third-order valence-corrected chi connectivity index (χ3v) is 3.34. The molecule has 0 unspecified atom stereocenters. The molecular formula is C16H11Cl2N3O2. The average Bonchev–Trinajstić information content (AvgIpc) is 2.51. The molecule has 2 aromatic carbocycles. The number of aromatic hydroxyl groups is 1. The largest absolute Gasteiger partial charge is 0.508 e. The number of halogens is 2. The van der Waals surface area contributed by atoms with Crippen molar-refractivity contribution in [1.29, 1.82) is 5.26 Å². The standard InChI is InChI=1S/C16H11Cl2N3O2/c17-11-4-5-14(18)15(6-11)21-16(23)10(8-19)9-20-12-2-1-3-13(22)7-12/h1-7,9,20,22H,(H,21,23)/b10-9-. The van der Waals surface area contributed by atoms with Crippen molar-refractivity contribution in [1.82, 2.24) is 0 Å². The summed E-state index contributed by atoms with van der Waals surface area (Å²) < 4.78 is 0. The summed E-state index contributed by atoms with van der Waals surface area (Å²) in [7, 11) is 0. The fraction of sp³-hybridized carbons (Fsp3) is 0. The Morgan fingerprint density at radius 2 is 2.00 bits per heavy atom. The van der Waals surface area contributed by atoms with Crippen molar-refractivity contribution in [3.8, 4) is 11.8 Å². The number of benzene rings is 2. The van der Waals surface area contributed by atoms with Crippen molar-refractivity contribution < 1.29 is 9.90 Å². The van der Waals surface area contributed by atoms with E-state index in [2.05, 4.69) is 10.6 Å². The van der Waals surface area contributed by atoms with Gasteiger partial charge in [0.15, 0.2) is 0 Å². The van der Waals surface area contributed by atoms with Crippen molar-refractivity contribution in [3.05, 3.63) is 64.3 Å². The number of hydrogen-bond donors (Lipinski definition) is 3. The number of phenolic OH excluding ortho intramolecular Hbond substituents is 1. The van der Waals surface area contributed by atoms with E-state index in [0.717, 1.165) is 0 Å². The topological polar surface area (TPSA) is 85.2 Å². The third kappa shape index (κ3) is 4.65. The lowest BCUT2D eigenvalue weighted by molar-refractivity contribution is -0.112. The SMILES string of the molecule is N#C/C(=C/Nc1cccc(O)c1)C(=O)Nc1cc(Cl)ccc1Cl. The van der Waals surface area contributed by atoms with Gasteiger partial charge in [0.1, 0.15) is 17.4 Å². The molecule has 23 heavy (non-hydrogen) atoms. The van der Waals surface area contributed by atoms with Crippen LogP contribution in [0.1, 0.15) is 0 Å². The third-order valence-electron chi connectivity index (χ3n) is 2.77. The molecule has 1 amide bonds. The molecule has 0 atom stereocenters. The first kappa shape index (κ1) is 16.7. The molecule has 5 nitrogen and oxygen atoms in total. The normalized spacial score (nSPS) is 10.7. The highest BCUT2D eigenvalue weighted by molar-refractivity contribution is 6.35. The van der Waals surface area contributed by atoms with Gasteiger partial charge in [-0.15, -0.1) is 0 Å². The Morgan fingerprint density at radius 3 is 2.70 bits per heavy atom. The Labute approximate surface area is 142 Å².